The van der Waals surface area contributed by atoms with Crippen molar-refractivity contribution < 1.29 is 4.79 Å². The molecule has 0 aromatic carbocycles. The maximum Gasteiger partial charge on any atom is 0.270 e. The molecule has 1 N–H and O–H groups in total. The summed E-state index contributed by atoms with van der Waals surface area (Å²) >= 11 is 1.45. The van der Waals surface area contributed by atoms with E-state index in [9.17, 15) is 4.79 Å². The molecular weight excluding hydrogens is 270 g/mol. The summed E-state index contributed by atoms with van der Waals surface area (Å²) in [5.74, 6) is 6.82. The summed E-state index contributed by atoms with van der Waals surface area (Å²) in [5, 5.41) is 4.76. The molecule has 0 saturated carbocycles. The predicted octanol–water partition coefficient (Wildman–Crippen LogP) is 2.00. The zero-order valence-corrected chi connectivity index (χ0v) is 12.7. The van der Waals surface area contributed by atoms with Crippen LogP contribution in [-0.2, 0) is 0 Å². The van der Waals surface area contributed by atoms with Crippen LogP contribution in [0.5, 0.6) is 0 Å². The Balaban J connectivity index is 1.66. The number of rotatable bonds is 4. The van der Waals surface area contributed by atoms with Crippen molar-refractivity contribution in [3.8, 4) is 11.8 Å². The lowest BCUT2D eigenvalue weighted by Crippen LogP contribution is -2.38. The summed E-state index contributed by atoms with van der Waals surface area (Å²) in [6.45, 7) is 5.87. The van der Waals surface area contributed by atoms with Gasteiger partial charge in [0.1, 0.15) is 5.69 Å². The molecule has 4 nitrogen and oxygen atoms in total. The van der Waals surface area contributed by atoms with E-state index in [0.29, 0.717) is 11.6 Å². The molecule has 108 valence electrons. The molecule has 0 bridgehead atoms. The second kappa shape index (κ2) is 8.03. The molecule has 0 atom stereocenters. The Bertz CT molecular complexity index is 467. The Morgan fingerprint density at radius 3 is 2.95 bits per heavy atom. The first-order chi connectivity index (χ1) is 9.79. The van der Waals surface area contributed by atoms with E-state index >= 15 is 0 Å². The van der Waals surface area contributed by atoms with E-state index < -0.39 is 0 Å². The van der Waals surface area contributed by atoms with Crippen molar-refractivity contribution >= 4 is 17.2 Å². The van der Waals surface area contributed by atoms with Crippen LogP contribution in [0.3, 0.4) is 0 Å². The van der Waals surface area contributed by atoms with Crippen molar-refractivity contribution in [2.75, 3.05) is 26.2 Å². The van der Waals surface area contributed by atoms with Gasteiger partial charge >= 0.3 is 0 Å². The minimum absolute atomic E-state index is 0.0532. The minimum atomic E-state index is -0.0532. The molecular formula is C15H21N3OS. The average molecular weight is 291 g/mol. The Kier molecular flexibility index (Phi) is 6.03. The van der Waals surface area contributed by atoms with Crippen LogP contribution in [0.1, 0.15) is 36.7 Å². The van der Waals surface area contributed by atoms with Crippen molar-refractivity contribution in [1.29, 1.82) is 0 Å². The molecule has 1 aromatic rings. The predicted molar refractivity (Wildman–Crippen MR) is 81.7 cm³/mol. The summed E-state index contributed by atoms with van der Waals surface area (Å²) in [4.78, 5) is 18.2. The highest BCUT2D eigenvalue weighted by molar-refractivity contribution is 7.07. The van der Waals surface area contributed by atoms with Crippen molar-refractivity contribution in [2.45, 2.75) is 26.2 Å². The van der Waals surface area contributed by atoms with Crippen LogP contribution < -0.4 is 5.32 Å². The highest BCUT2D eigenvalue weighted by Crippen LogP contribution is 2.16. The van der Waals surface area contributed by atoms with Gasteiger partial charge in [-0.15, -0.1) is 17.3 Å². The third kappa shape index (κ3) is 4.62. The molecule has 5 heteroatoms. The van der Waals surface area contributed by atoms with Crippen LogP contribution >= 0.6 is 11.3 Å². The molecule has 1 fully saturated rings. The van der Waals surface area contributed by atoms with Gasteiger partial charge in [0.15, 0.2) is 0 Å². The van der Waals surface area contributed by atoms with Gasteiger partial charge in [0.25, 0.3) is 5.91 Å². The fourth-order valence-electron chi connectivity index (χ4n) is 2.29. The molecule has 0 radical (unpaired) electrons. The lowest BCUT2D eigenvalue weighted by atomic mass is 9.97. The Morgan fingerprint density at radius 1 is 1.50 bits per heavy atom. The van der Waals surface area contributed by atoms with Crippen LogP contribution in [0.2, 0.25) is 0 Å². The van der Waals surface area contributed by atoms with Gasteiger partial charge in [0.05, 0.1) is 12.1 Å². The van der Waals surface area contributed by atoms with Crippen LogP contribution in [0.15, 0.2) is 10.9 Å². The number of nitrogens with zero attached hydrogens (tertiary/aromatic N) is 2. The van der Waals surface area contributed by atoms with Crippen molar-refractivity contribution in [3.05, 3.63) is 16.6 Å². The topological polar surface area (TPSA) is 45.2 Å². The van der Waals surface area contributed by atoms with Gasteiger partial charge in [0.2, 0.25) is 0 Å². The highest BCUT2D eigenvalue weighted by Gasteiger charge is 2.19. The lowest BCUT2D eigenvalue weighted by Gasteiger charge is -2.30. The summed E-state index contributed by atoms with van der Waals surface area (Å²) < 4.78 is 0. The number of carbonyl (C=O) groups excluding carboxylic acids is 1. The number of nitrogens with one attached hydrogen (secondary N) is 1. The fourth-order valence-corrected chi connectivity index (χ4v) is 2.83. The number of likely N-dealkylation sites (tertiary alicyclic amines) is 1. The largest absolute Gasteiger partial charge is 0.350 e. The molecule has 0 aliphatic carbocycles. The van der Waals surface area contributed by atoms with Crippen molar-refractivity contribution in [3.63, 3.8) is 0 Å². The Morgan fingerprint density at radius 2 is 2.30 bits per heavy atom. The third-order valence-electron chi connectivity index (χ3n) is 3.53. The van der Waals surface area contributed by atoms with Gasteiger partial charge in [0, 0.05) is 18.3 Å². The van der Waals surface area contributed by atoms with E-state index in [1.807, 2.05) is 0 Å². The van der Waals surface area contributed by atoms with Gasteiger partial charge in [-0.3, -0.25) is 9.69 Å². The fraction of sp³-hybridized carbons (Fsp3) is 0.600. The molecule has 1 saturated heterocycles. The number of thiazole rings is 1. The average Bonchev–Trinajstić information content (AvgIpc) is 3.01. The van der Waals surface area contributed by atoms with Gasteiger partial charge in [-0.1, -0.05) is 12.8 Å². The number of aromatic nitrogens is 1. The highest BCUT2D eigenvalue weighted by atomic mass is 32.1. The molecule has 1 amide bonds. The standard InChI is InChI=1S/C15H21N3OS/c1-2-3-4-7-18-8-5-13(6-9-18)10-16-15(19)14-11-20-12-17-14/h11-13H,2,5-10H2,1H3,(H,16,19). The van der Waals surface area contributed by atoms with E-state index in [1.54, 1.807) is 10.9 Å². The number of amides is 1. The molecule has 0 unspecified atom stereocenters. The van der Waals surface area contributed by atoms with E-state index in [0.717, 1.165) is 45.4 Å². The maximum absolute atomic E-state index is 11.8. The van der Waals surface area contributed by atoms with Gasteiger partial charge in [-0.2, -0.15) is 0 Å². The Hall–Kier alpha value is -1.38. The SMILES string of the molecule is CCC#CCN1CCC(CNC(=O)c2cscn2)CC1. The molecule has 1 aliphatic heterocycles. The summed E-state index contributed by atoms with van der Waals surface area (Å²) in [6, 6.07) is 0. The smallest absolute Gasteiger partial charge is 0.270 e. The third-order valence-corrected chi connectivity index (χ3v) is 4.11. The number of piperidine rings is 1. The number of hydrogen-bond donors (Lipinski definition) is 1. The molecule has 1 aromatic heterocycles. The quantitative estimate of drug-likeness (QED) is 0.863. The second-order valence-corrected chi connectivity index (χ2v) is 5.73. The van der Waals surface area contributed by atoms with Gasteiger partial charge in [-0.25, -0.2) is 4.98 Å². The molecule has 20 heavy (non-hydrogen) atoms. The summed E-state index contributed by atoms with van der Waals surface area (Å²) in [6.07, 6.45) is 3.19. The monoisotopic (exact) mass is 291 g/mol. The number of hydrogen-bond acceptors (Lipinski definition) is 4. The van der Waals surface area contributed by atoms with Crippen LogP contribution in [0.25, 0.3) is 0 Å². The second-order valence-electron chi connectivity index (χ2n) is 5.01. The normalized spacial score (nSPS) is 16.4. The van der Waals surface area contributed by atoms with E-state index in [1.165, 1.54) is 11.3 Å². The lowest BCUT2D eigenvalue weighted by molar-refractivity contribution is 0.0933. The van der Waals surface area contributed by atoms with Crippen LogP contribution in [0.4, 0.5) is 0 Å². The summed E-state index contributed by atoms with van der Waals surface area (Å²) in [5.41, 5.74) is 2.22. The van der Waals surface area contributed by atoms with Crippen LogP contribution in [0, 0.1) is 17.8 Å². The molecule has 2 rings (SSSR count). The van der Waals surface area contributed by atoms with Crippen molar-refractivity contribution in [1.82, 2.24) is 15.2 Å². The van der Waals surface area contributed by atoms with E-state index in [2.05, 4.69) is 34.0 Å². The minimum Gasteiger partial charge on any atom is -0.350 e. The van der Waals surface area contributed by atoms with Crippen LogP contribution in [-0.4, -0.2) is 42.0 Å². The first kappa shape index (κ1) is 15.0. The number of carbonyl (C=O) groups is 1. The maximum atomic E-state index is 11.8. The molecule has 0 spiro atoms. The molecule has 1 aliphatic rings. The first-order valence-corrected chi connectivity index (χ1v) is 8.08. The van der Waals surface area contributed by atoms with Crippen molar-refractivity contribution in [2.24, 2.45) is 5.92 Å². The molecule has 2 heterocycles. The zero-order chi connectivity index (χ0) is 14.2. The summed E-state index contributed by atoms with van der Waals surface area (Å²) in [7, 11) is 0. The van der Waals surface area contributed by atoms with E-state index in [4.69, 9.17) is 0 Å². The van der Waals surface area contributed by atoms with E-state index in [-0.39, 0.29) is 5.91 Å². The first-order valence-electron chi connectivity index (χ1n) is 7.14. The van der Waals surface area contributed by atoms with Gasteiger partial charge < -0.3 is 5.32 Å². The zero-order valence-electron chi connectivity index (χ0n) is 11.9. The van der Waals surface area contributed by atoms with Gasteiger partial charge in [-0.05, 0) is 31.8 Å². The Labute approximate surface area is 124 Å².